The SMILES string of the molecule is CC1CCN(Cc2nc3ccc(Cl)cc3[nH]2)CC1. The highest BCUT2D eigenvalue weighted by Gasteiger charge is 2.16. The zero-order chi connectivity index (χ0) is 12.5. The van der Waals surface area contributed by atoms with Gasteiger partial charge >= 0.3 is 0 Å². The van der Waals surface area contributed by atoms with Gasteiger partial charge in [0, 0.05) is 5.02 Å². The first-order valence-corrected chi connectivity index (χ1v) is 6.95. The lowest BCUT2D eigenvalue weighted by molar-refractivity contribution is 0.182. The Morgan fingerprint density at radius 3 is 2.94 bits per heavy atom. The van der Waals surface area contributed by atoms with E-state index in [0.717, 1.165) is 34.3 Å². The first-order valence-electron chi connectivity index (χ1n) is 6.57. The highest BCUT2D eigenvalue weighted by Crippen LogP contribution is 2.20. The second kappa shape index (κ2) is 4.90. The molecule has 1 fully saturated rings. The number of rotatable bonds is 2. The fourth-order valence-electron chi connectivity index (χ4n) is 2.54. The molecule has 0 radical (unpaired) electrons. The van der Waals surface area contributed by atoms with Crippen molar-refractivity contribution in [3.05, 3.63) is 29.0 Å². The van der Waals surface area contributed by atoms with Gasteiger partial charge in [0.05, 0.1) is 17.6 Å². The predicted octanol–water partition coefficient (Wildman–Crippen LogP) is 3.45. The summed E-state index contributed by atoms with van der Waals surface area (Å²) in [5.41, 5.74) is 2.03. The topological polar surface area (TPSA) is 31.9 Å². The summed E-state index contributed by atoms with van der Waals surface area (Å²) < 4.78 is 0. The average Bonchev–Trinajstić information content (AvgIpc) is 2.73. The third-order valence-electron chi connectivity index (χ3n) is 3.74. The van der Waals surface area contributed by atoms with E-state index in [0.29, 0.717) is 0 Å². The van der Waals surface area contributed by atoms with Crippen molar-refractivity contribution in [1.82, 2.24) is 14.9 Å². The summed E-state index contributed by atoms with van der Waals surface area (Å²) in [6.45, 7) is 5.61. The van der Waals surface area contributed by atoms with E-state index in [4.69, 9.17) is 11.6 Å². The Morgan fingerprint density at radius 1 is 1.39 bits per heavy atom. The lowest BCUT2D eigenvalue weighted by Gasteiger charge is -2.29. The first kappa shape index (κ1) is 12.0. The van der Waals surface area contributed by atoms with Crippen molar-refractivity contribution >= 4 is 22.6 Å². The number of likely N-dealkylation sites (tertiary alicyclic amines) is 1. The molecular formula is C14H18ClN3. The van der Waals surface area contributed by atoms with Crippen LogP contribution >= 0.6 is 11.6 Å². The Hall–Kier alpha value is -1.06. The van der Waals surface area contributed by atoms with E-state index in [2.05, 4.69) is 21.8 Å². The Morgan fingerprint density at radius 2 is 2.17 bits per heavy atom. The maximum atomic E-state index is 5.98. The number of nitrogens with zero attached hydrogens (tertiary/aromatic N) is 2. The molecule has 0 spiro atoms. The zero-order valence-electron chi connectivity index (χ0n) is 10.6. The molecule has 2 heterocycles. The lowest BCUT2D eigenvalue weighted by Crippen LogP contribution is -2.32. The third-order valence-corrected chi connectivity index (χ3v) is 3.98. The van der Waals surface area contributed by atoms with E-state index in [1.807, 2.05) is 18.2 Å². The number of fused-ring (bicyclic) bond motifs is 1. The molecule has 2 aromatic rings. The molecule has 1 aliphatic rings. The van der Waals surface area contributed by atoms with Gasteiger partial charge in [-0.2, -0.15) is 0 Å². The van der Waals surface area contributed by atoms with Gasteiger partial charge in [-0.1, -0.05) is 18.5 Å². The molecule has 0 bridgehead atoms. The maximum Gasteiger partial charge on any atom is 0.121 e. The van der Waals surface area contributed by atoms with E-state index in [1.165, 1.54) is 25.9 Å². The molecule has 18 heavy (non-hydrogen) atoms. The molecule has 1 N–H and O–H groups in total. The number of hydrogen-bond donors (Lipinski definition) is 1. The molecule has 0 atom stereocenters. The smallest absolute Gasteiger partial charge is 0.121 e. The largest absolute Gasteiger partial charge is 0.341 e. The van der Waals surface area contributed by atoms with E-state index in [1.54, 1.807) is 0 Å². The van der Waals surface area contributed by atoms with Gasteiger partial charge in [0.25, 0.3) is 0 Å². The average molecular weight is 264 g/mol. The monoisotopic (exact) mass is 263 g/mol. The molecule has 1 aromatic heterocycles. The standard InChI is InChI=1S/C14H18ClN3/c1-10-4-6-18(7-5-10)9-14-16-12-3-2-11(15)8-13(12)17-14/h2-3,8,10H,4-7,9H2,1H3,(H,16,17). The van der Waals surface area contributed by atoms with E-state index in [-0.39, 0.29) is 0 Å². The summed E-state index contributed by atoms with van der Waals surface area (Å²) in [7, 11) is 0. The van der Waals surface area contributed by atoms with Crippen molar-refractivity contribution < 1.29 is 0 Å². The minimum Gasteiger partial charge on any atom is -0.341 e. The van der Waals surface area contributed by atoms with Crippen molar-refractivity contribution in [3.63, 3.8) is 0 Å². The molecule has 0 amide bonds. The summed E-state index contributed by atoms with van der Waals surface area (Å²) in [5, 5.41) is 0.754. The van der Waals surface area contributed by atoms with Crippen LogP contribution in [0.15, 0.2) is 18.2 Å². The van der Waals surface area contributed by atoms with Crippen LogP contribution in [0.1, 0.15) is 25.6 Å². The highest BCUT2D eigenvalue weighted by atomic mass is 35.5. The van der Waals surface area contributed by atoms with Crippen LogP contribution in [-0.4, -0.2) is 28.0 Å². The first-order chi connectivity index (χ1) is 8.70. The van der Waals surface area contributed by atoms with Crippen molar-refractivity contribution in [2.24, 2.45) is 5.92 Å². The molecule has 0 unspecified atom stereocenters. The van der Waals surface area contributed by atoms with Gasteiger partial charge in [-0.25, -0.2) is 4.98 Å². The number of piperidine rings is 1. The fraction of sp³-hybridized carbons (Fsp3) is 0.500. The van der Waals surface area contributed by atoms with Gasteiger partial charge in [-0.3, -0.25) is 4.90 Å². The number of benzene rings is 1. The summed E-state index contributed by atoms with van der Waals surface area (Å²) >= 11 is 5.98. The van der Waals surface area contributed by atoms with Gasteiger partial charge in [0.2, 0.25) is 0 Å². The molecule has 3 rings (SSSR count). The summed E-state index contributed by atoms with van der Waals surface area (Å²) in [5.74, 6) is 1.91. The molecule has 96 valence electrons. The molecule has 1 aromatic carbocycles. The van der Waals surface area contributed by atoms with Crippen molar-refractivity contribution in [3.8, 4) is 0 Å². The molecule has 3 nitrogen and oxygen atoms in total. The highest BCUT2D eigenvalue weighted by molar-refractivity contribution is 6.31. The minimum absolute atomic E-state index is 0.754. The van der Waals surface area contributed by atoms with Crippen molar-refractivity contribution in [2.45, 2.75) is 26.3 Å². The number of aromatic nitrogens is 2. The van der Waals surface area contributed by atoms with Crippen LogP contribution in [0, 0.1) is 5.92 Å². The van der Waals surface area contributed by atoms with Gasteiger partial charge < -0.3 is 4.98 Å². The molecule has 0 saturated carbocycles. The Kier molecular flexibility index (Phi) is 3.27. The quantitative estimate of drug-likeness (QED) is 0.900. The molecular weight excluding hydrogens is 246 g/mol. The van der Waals surface area contributed by atoms with Crippen LogP contribution in [0.3, 0.4) is 0 Å². The van der Waals surface area contributed by atoms with Crippen LogP contribution in [-0.2, 0) is 6.54 Å². The van der Waals surface area contributed by atoms with Crippen molar-refractivity contribution in [1.29, 1.82) is 0 Å². The maximum absolute atomic E-state index is 5.98. The van der Waals surface area contributed by atoms with E-state index < -0.39 is 0 Å². The fourth-order valence-corrected chi connectivity index (χ4v) is 2.71. The second-order valence-corrected chi connectivity index (χ2v) is 5.74. The van der Waals surface area contributed by atoms with Gasteiger partial charge in [-0.15, -0.1) is 0 Å². The second-order valence-electron chi connectivity index (χ2n) is 5.30. The van der Waals surface area contributed by atoms with Gasteiger partial charge in [0.15, 0.2) is 0 Å². The van der Waals surface area contributed by atoms with E-state index >= 15 is 0 Å². The van der Waals surface area contributed by atoms with Crippen LogP contribution in [0.4, 0.5) is 0 Å². The Bertz CT molecular complexity index is 541. The summed E-state index contributed by atoms with van der Waals surface area (Å²) in [4.78, 5) is 10.4. The Balaban J connectivity index is 1.74. The molecule has 1 aliphatic heterocycles. The number of nitrogens with one attached hydrogen (secondary N) is 1. The number of aromatic amines is 1. The summed E-state index contributed by atoms with van der Waals surface area (Å²) in [6.07, 6.45) is 2.60. The van der Waals surface area contributed by atoms with E-state index in [9.17, 15) is 0 Å². The third kappa shape index (κ3) is 2.52. The number of halogens is 1. The molecule has 4 heteroatoms. The van der Waals surface area contributed by atoms with Crippen molar-refractivity contribution in [2.75, 3.05) is 13.1 Å². The van der Waals surface area contributed by atoms with Gasteiger partial charge in [-0.05, 0) is 50.0 Å². The summed E-state index contributed by atoms with van der Waals surface area (Å²) in [6, 6.07) is 5.79. The number of H-pyrrole nitrogens is 1. The number of hydrogen-bond acceptors (Lipinski definition) is 2. The molecule has 0 aliphatic carbocycles. The lowest BCUT2D eigenvalue weighted by atomic mass is 9.99. The van der Waals surface area contributed by atoms with Crippen LogP contribution < -0.4 is 0 Å². The predicted molar refractivity (Wildman–Crippen MR) is 74.8 cm³/mol. The van der Waals surface area contributed by atoms with Crippen LogP contribution in [0.2, 0.25) is 5.02 Å². The zero-order valence-corrected chi connectivity index (χ0v) is 11.4. The van der Waals surface area contributed by atoms with Crippen LogP contribution in [0.5, 0.6) is 0 Å². The normalized spacial score (nSPS) is 18.6. The number of imidazole rings is 1. The van der Waals surface area contributed by atoms with Crippen LogP contribution in [0.25, 0.3) is 11.0 Å². The molecule has 1 saturated heterocycles. The van der Waals surface area contributed by atoms with Gasteiger partial charge in [0.1, 0.15) is 5.82 Å². The minimum atomic E-state index is 0.754. The Labute approximate surface area is 112 Å².